The number of hydrogen-bond donors (Lipinski definition) is 2. The molecule has 2 heteroatoms. The average molecular weight is 159 g/mol. The van der Waals surface area contributed by atoms with Gasteiger partial charge in [-0.05, 0) is 11.8 Å². The predicted molar refractivity (Wildman–Crippen MR) is 48.6 cm³/mol. The van der Waals surface area contributed by atoms with Crippen molar-refractivity contribution in [3.8, 4) is 0 Å². The van der Waals surface area contributed by atoms with Crippen LogP contribution in [0.1, 0.15) is 34.1 Å². The summed E-state index contributed by atoms with van der Waals surface area (Å²) in [6, 6.07) is 0.535. The number of aliphatic hydroxyl groups is 1. The molecule has 0 rings (SSSR count). The third-order valence-electron chi connectivity index (χ3n) is 1.78. The van der Waals surface area contributed by atoms with Crippen molar-refractivity contribution in [1.29, 1.82) is 0 Å². The monoisotopic (exact) mass is 159 g/mol. The number of aliphatic hydroxyl groups excluding tert-OH is 1. The maximum Gasteiger partial charge on any atom is 0.0436 e. The molecular weight excluding hydrogens is 138 g/mol. The Morgan fingerprint density at radius 3 is 2.27 bits per heavy atom. The third kappa shape index (κ3) is 6.32. The molecule has 0 bridgehead atoms. The van der Waals surface area contributed by atoms with Crippen molar-refractivity contribution in [2.45, 2.75) is 40.2 Å². The first-order chi connectivity index (χ1) is 4.98. The first-order valence-electron chi connectivity index (χ1n) is 4.32. The van der Waals surface area contributed by atoms with Crippen molar-refractivity contribution in [2.75, 3.05) is 13.2 Å². The number of rotatable bonds is 5. The fraction of sp³-hybridized carbons (Fsp3) is 1.00. The molecule has 0 fully saturated rings. The van der Waals surface area contributed by atoms with Gasteiger partial charge in [-0.2, -0.15) is 0 Å². The Bertz CT molecular complexity index is 99.7. The summed E-state index contributed by atoms with van der Waals surface area (Å²) in [4.78, 5) is 0. The summed E-state index contributed by atoms with van der Waals surface area (Å²) in [5, 5.41) is 12.1. The van der Waals surface area contributed by atoms with E-state index in [-0.39, 0.29) is 12.0 Å². The molecule has 0 aromatic heterocycles. The van der Waals surface area contributed by atoms with Crippen LogP contribution in [0.4, 0.5) is 0 Å². The number of hydrogen-bond acceptors (Lipinski definition) is 2. The maximum atomic E-state index is 8.74. The zero-order valence-corrected chi connectivity index (χ0v) is 8.15. The molecule has 0 aliphatic rings. The fourth-order valence-electron chi connectivity index (χ4n) is 0.871. The van der Waals surface area contributed by atoms with Crippen LogP contribution in [0.3, 0.4) is 0 Å². The minimum Gasteiger partial charge on any atom is -0.396 e. The largest absolute Gasteiger partial charge is 0.396 e. The molecule has 0 aliphatic heterocycles. The van der Waals surface area contributed by atoms with Gasteiger partial charge in [0.05, 0.1) is 0 Å². The van der Waals surface area contributed by atoms with Crippen molar-refractivity contribution in [1.82, 2.24) is 5.32 Å². The quantitative estimate of drug-likeness (QED) is 0.635. The van der Waals surface area contributed by atoms with E-state index in [9.17, 15) is 0 Å². The van der Waals surface area contributed by atoms with E-state index in [2.05, 4.69) is 33.0 Å². The molecule has 0 atom stereocenters. The van der Waals surface area contributed by atoms with Crippen molar-refractivity contribution in [3.05, 3.63) is 0 Å². The molecule has 0 aliphatic carbocycles. The predicted octanol–water partition coefficient (Wildman–Crippen LogP) is 1.39. The minimum absolute atomic E-state index is 0.221. The van der Waals surface area contributed by atoms with Crippen LogP contribution in [0, 0.1) is 5.41 Å². The summed E-state index contributed by atoms with van der Waals surface area (Å²) >= 11 is 0. The molecule has 0 aromatic carbocycles. The first-order valence-corrected chi connectivity index (χ1v) is 4.32. The van der Waals surface area contributed by atoms with E-state index >= 15 is 0 Å². The highest BCUT2D eigenvalue weighted by molar-refractivity contribution is 4.71. The van der Waals surface area contributed by atoms with Crippen LogP contribution in [0.5, 0.6) is 0 Å². The van der Waals surface area contributed by atoms with Crippen LogP contribution in [0.2, 0.25) is 0 Å². The van der Waals surface area contributed by atoms with Crippen molar-refractivity contribution in [2.24, 2.45) is 5.41 Å². The second-order valence-corrected chi connectivity index (χ2v) is 4.17. The summed E-state index contributed by atoms with van der Waals surface area (Å²) in [5.41, 5.74) is 0.221. The SMILES string of the molecule is CC(C)NCC(C)(C)CCO. The average Bonchev–Trinajstić information content (AvgIpc) is 1.84. The second-order valence-electron chi connectivity index (χ2n) is 4.17. The van der Waals surface area contributed by atoms with E-state index in [4.69, 9.17) is 5.11 Å². The van der Waals surface area contributed by atoms with Gasteiger partial charge < -0.3 is 10.4 Å². The van der Waals surface area contributed by atoms with E-state index in [1.807, 2.05) is 0 Å². The van der Waals surface area contributed by atoms with Gasteiger partial charge in [0, 0.05) is 19.2 Å². The Balaban J connectivity index is 3.54. The van der Waals surface area contributed by atoms with Crippen LogP contribution in [0.25, 0.3) is 0 Å². The van der Waals surface area contributed by atoms with Crippen molar-refractivity contribution >= 4 is 0 Å². The standard InChI is InChI=1S/C9H21NO/c1-8(2)10-7-9(3,4)5-6-11/h8,10-11H,5-7H2,1-4H3. The lowest BCUT2D eigenvalue weighted by atomic mass is 9.89. The Morgan fingerprint density at radius 2 is 1.91 bits per heavy atom. The third-order valence-corrected chi connectivity index (χ3v) is 1.78. The molecule has 0 saturated heterocycles. The highest BCUT2D eigenvalue weighted by Gasteiger charge is 2.16. The summed E-state index contributed by atoms with van der Waals surface area (Å²) in [7, 11) is 0. The fourth-order valence-corrected chi connectivity index (χ4v) is 0.871. The summed E-state index contributed by atoms with van der Waals surface area (Å²) in [6.07, 6.45) is 0.868. The second kappa shape index (κ2) is 4.73. The summed E-state index contributed by atoms with van der Waals surface area (Å²) in [5.74, 6) is 0. The lowest BCUT2D eigenvalue weighted by Crippen LogP contribution is -2.34. The van der Waals surface area contributed by atoms with E-state index in [0.29, 0.717) is 6.04 Å². The van der Waals surface area contributed by atoms with Crippen LogP contribution >= 0.6 is 0 Å². The van der Waals surface area contributed by atoms with E-state index < -0.39 is 0 Å². The van der Waals surface area contributed by atoms with Gasteiger partial charge in [0.25, 0.3) is 0 Å². The molecule has 0 heterocycles. The van der Waals surface area contributed by atoms with Crippen molar-refractivity contribution in [3.63, 3.8) is 0 Å². The molecule has 2 N–H and O–H groups in total. The van der Waals surface area contributed by atoms with Gasteiger partial charge in [-0.15, -0.1) is 0 Å². The van der Waals surface area contributed by atoms with Gasteiger partial charge in [-0.3, -0.25) is 0 Å². The lowest BCUT2D eigenvalue weighted by Gasteiger charge is -2.25. The van der Waals surface area contributed by atoms with Crippen LogP contribution < -0.4 is 5.32 Å². The smallest absolute Gasteiger partial charge is 0.0436 e. The van der Waals surface area contributed by atoms with E-state index in [1.165, 1.54) is 0 Å². The highest BCUT2D eigenvalue weighted by Crippen LogP contribution is 2.17. The highest BCUT2D eigenvalue weighted by atomic mass is 16.3. The first kappa shape index (κ1) is 10.9. The van der Waals surface area contributed by atoms with Gasteiger partial charge in [0.1, 0.15) is 0 Å². The Morgan fingerprint density at radius 1 is 1.36 bits per heavy atom. The minimum atomic E-state index is 0.221. The van der Waals surface area contributed by atoms with Crippen LogP contribution in [0.15, 0.2) is 0 Å². The van der Waals surface area contributed by atoms with Gasteiger partial charge in [-0.1, -0.05) is 27.7 Å². The lowest BCUT2D eigenvalue weighted by molar-refractivity contribution is 0.204. The Kier molecular flexibility index (Phi) is 4.69. The summed E-state index contributed by atoms with van der Waals surface area (Å²) in [6.45, 7) is 9.86. The van der Waals surface area contributed by atoms with Crippen molar-refractivity contribution < 1.29 is 5.11 Å². The van der Waals surface area contributed by atoms with E-state index in [1.54, 1.807) is 0 Å². The Labute approximate surface area is 70.0 Å². The van der Waals surface area contributed by atoms with Gasteiger partial charge >= 0.3 is 0 Å². The molecule has 0 spiro atoms. The maximum absolute atomic E-state index is 8.74. The molecule has 0 unspecified atom stereocenters. The zero-order chi connectivity index (χ0) is 8.91. The van der Waals surface area contributed by atoms with Gasteiger partial charge in [0.2, 0.25) is 0 Å². The molecule has 11 heavy (non-hydrogen) atoms. The molecule has 2 nitrogen and oxygen atoms in total. The number of nitrogens with one attached hydrogen (secondary N) is 1. The molecule has 0 saturated carbocycles. The molecule has 0 amide bonds. The normalized spacial score (nSPS) is 12.5. The van der Waals surface area contributed by atoms with Gasteiger partial charge in [-0.25, -0.2) is 0 Å². The topological polar surface area (TPSA) is 32.3 Å². The molecule has 0 aromatic rings. The summed E-state index contributed by atoms with van der Waals surface area (Å²) < 4.78 is 0. The molecule has 0 radical (unpaired) electrons. The Hall–Kier alpha value is -0.0800. The van der Waals surface area contributed by atoms with Gasteiger partial charge in [0.15, 0.2) is 0 Å². The molecule has 68 valence electrons. The van der Waals surface area contributed by atoms with Crippen LogP contribution in [-0.4, -0.2) is 24.3 Å². The molecular formula is C9H21NO. The van der Waals surface area contributed by atoms with Crippen LogP contribution in [-0.2, 0) is 0 Å². The van der Waals surface area contributed by atoms with E-state index in [0.717, 1.165) is 13.0 Å². The zero-order valence-electron chi connectivity index (χ0n) is 8.15.